The highest BCUT2D eigenvalue weighted by Crippen LogP contribution is 2.26. The van der Waals surface area contributed by atoms with E-state index in [4.69, 9.17) is 23.8 Å². The number of hydrogen-bond acceptors (Lipinski definition) is 4. The maximum Gasteiger partial charge on any atom is 0.337 e. The van der Waals surface area contributed by atoms with E-state index in [1.54, 1.807) is 6.07 Å². The smallest absolute Gasteiger partial charge is 0.337 e. The molecule has 3 aromatic rings. The minimum Gasteiger partial charge on any atom is -0.494 e. The van der Waals surface area contributed by atoms with Crippen LogP contribution in [0, 0.1) is 4.77 Å². The van der Waals surface area contributed by atoms with Gasteiger partial charge in [-0.3, -0.25) is 9.78 Å². The van der Waals surface area contributed by atoms with Crippen LogP contribution in [0.4, 0.5) is 0 Å². The van der Waals surface area contributed by atoms with Crippen LogP contribution >= 0.6 is 23.8 Å². The number of nitrogens with one attached hydrogen (secondary N) is 2. The first-order valence-corrected chi connectivity index (χ1v) is 8.45. The van der Waals surface area contributed by atoms with Crippen molar-refractivity contribution in [3.05, 3.63) is 85.6 Å². The molecular formula is C18H12ClN4O2S+. The summed E-state index contributed by atoms with van der Waals surface area (Å²) >= 11 is 11.2. The minimum atomic E-state index is -0.498. The van der Waals surface area contributed by atoms with E-state index in [2.05, 4.69) is 15.0 Å². The number of hydrogen-bond donors (Lipinski definition) is 3. The van der Waals surface area contributed by atoms with Gasteiger partial charge in [-0.15, -0.1) is 0 Å². The third kappa shape index (κ3) is 2.77. The van der Waals surface area contributed by atoms with Gasteiger partial charge in [0.05, 0.1) is 16.8 Å². The number of fused-ring (bicyclic) bond motifs is 1. The first-order chi connectivity index (χ1) is 12.5. The van der Waals surface area contributed by atoms with Crippen molar-refractivity contribution >= 4 is 41.4 Å². The number of aromatic amines is 2. The average Bonchev–Trinajstić information content (AvgIpc) is 2.97. The van der Waals surface area contributed by atoms with Crippen LogP contribution in [0.2, 0.25) is 5.02 Å². The first kappa shape index (κ1) is 16.4. The molecule has 0 fully saturated rings. The van der Waals surface area contributed by atoms with Gasteiger partial charge in [-0.25, -0.2) is 0 Å². The summed E-state index contributed by atoms with van der Waals surface area (Å²) in [4.78, 5) is 21.8. The molecule has 6 nitrogen and oxygen atoms in total. The van der Waals surface area contributed by atoms with Crippen LogP contribution in [0.15, 0.2) is 58.4 Å². The number of aliphatic imine (C=N–C) groups is 1. The lowest BCUT2D eigenvalue weighted by molar-refractivity contribution is -0.553. The third-order valence-corrected chi connectivity index (χ3v) is 4.47. The molecule has 3 heterocycles. The van der Waals surface area contributed by atoms with Crippen LogP contribution in [0.1, 0.15) is 16.8 Å². The second-order valence-corrected chi connectivity index (χ2v) is 6.39. The molecule has 0 aliphatic carbocycles. The van der Waals surface area contributed by atoms with Crippen LogP contribution in [-0.2, 0) is 0 Å². The Labute approximate surface area is 157 Å². The predicted octanol–water partition coefficient (Wildman–Crippen LogP) is 2.89. The van der Waals surface area contributed by atoms with Gasteiger partial charge in [0.2, 0.25) is 11.6 Å². The van der Waals surface area contributed by atoms with E-state index in [1.807, 2.05) is 47.2 Å². The van der Waals surface area contributed by atoms with Gasteiger partial charge in [0.1, 0.15) is 5.56 Å². The molecule has 26 heavy (non-hydrogen) atoms. The monoisotopic (exact) mass is 383 g/mol. The summed E-state index contributed by atoms with van der Waals surface area (Å²) < 4.78 is 1.93. The van der Waals surface area contributed by atoms with Crippen LogP contribution in [-0.4, -0.2) is 20.9 Å². The summed E-state index contributed by atoms with van der Waals surface area (Å²) in [5.74, 6) is 0.326. The van der Waals surface area contributed by atoms with Crippen molar-refractivity contribution < 1.29 is 9.67 Å². The van der Waals surface area contributed by atoms with E-state index in [1.165, 1.54) is 6.08 Å². The number of halogens is 1. The van der Waals surface area contributed by atoms with Crippen molar-refractivity contribution in [1.82, 2.24) is 9.97 Å². The fourth-order valence-electron chi connectivity index (χ4n) is 2.76. The van der Waals surface area contributed by atoms with Gasteiger partial charge in [-0.2, -0.15) is 4.57 Å². The zero-order chi connectivity index (χ0) is 18.3. The van der Waals surface area contributed by atoms with Gasteiger partial charge in [-0.1, -0.05) is 29.8 Å². The maximum absolute atomic E-state index is 12.1. The van der Waals surface area contributed by atoms with Crippen molar-refractivity contribution in [2.75, 3.05) is 0 Å². The normalized spacial score (nSPS) is 14.3. The van der Waals surface area contributed by atoms with Crippen LogP contribution in [0.3, 0.4) is 0 Å². The Morgan fingerprint density at radius 3 is 2.69 bits per heavy atom. The Kier molecular flexibility index (Phi) is 4.02. The Morgan fingerprint density at radius 1 is 1.15 bits per heavy atom. The van der Waals surface area contributed by atoms with E-state index < -0.39 is 5.56 Å². The molecule has 1 aliphatic rings. The molecule has 8 heteroatoms. The van der Waals surface area contributed by atoms with Crippen molar-refractivity contribution in [3.63, 3.8) is 0 Å². The summed E-state index contributed by atoms with van der Waals surface area (Å²) in [6.45, 7) is 0. The maximum atomic E-state index is 12.1. The first-order valence-electron chi connectivity index (χ1n) is 7.67. The molecular weight excluding hydrogens is 372 g/mol. The van der Waals surface area contributed by atoms with Gasteiger partial charge in [0.25, 0.3) is 5.56 Å². The molecule has 1 aromatic carbocycles. The average molecular weight is 384 g/mol. The summed E-state index contributed by atoms with van der Waals surface area (Å²) in [6, 6.07) is 13.0. The molecule has 2 aromatic heterocycles. The van der Waals surface area contributed by atoms with Gasteiger partial charge >= 0.3 is 5.84 Å². The van der Waals surface area contributed by atoms with Crippen LogP contribution in [0.5, 0.6) is 5.88 Å². The zero-order valence-electron chi connectivity index (χ0n) is 13.2. The highest BCUT2D eigenvalue weighted by Gasteiger charge is 2.32. The van der Waals surface area contributed by atoms with E-state index in [9.17, 15) is 9.90 Å². The number of aromatic nitrogens is 3. The fraction of sp³-hybridized carbons (Fsp3) is 0. The quantitative estimate of drug-likeness (QED) is 0.470. The molecule has 3 N–H and O–H groups in total. The summed E-state index contributed by atoms with van der Waals surface area (Å²) in [7, 11) is 0. The topological polar surface area (TPSA) is 85.1 Å². The summed E-state index contributed by atoms with van der Waals surface area (Å²) in [5, 5.41) is 10.6. The second-order valence-electron chi connectivity index (χ2n) is 5.57. The Bertz CT molecular complexity index is 1210. The molecule has 0 saturated heterocycles. The molecule has 0 bridgehead atoms. The number of aromatic hydroxyl groups is 1. The number of benzene rings is 1. The van der Waals surface area contributed by atoms with Crippen molar-refractivity contribution in [1.29, 1.82) is 0 Å². The summed E-state index contributed by atoms with van der Waals surface area (Å²) in [5.41, 5.74) is 1.60. The second kappa shape index (κ2) is 6.36. The minimum absolute atomic E-state index is 0.0492. The molecule has 0 atom stereocenters. The number of H-pyrrole nitrogens is 2. The van der Waals surface area contributed by atoms with Crippen molar-refractivity contribution in [2.24, 2.45) is 4.99 Å². The van der Waals surface area contributed by atoms with Crippen LogP contribution < -0.4 is 10.1 Å². The largest absolute Gasteiger partial charge is 0.494 e. The van der Waals surface area contributed by atoms with Gasteiger partial charge in [0.15, 0.2) is 10.5 Å². The predicted molar refractivity (Wildman–Crippen MR) is 102 cm³/mol. The molecule has 128 valence electrons. The van der Waals surface area contributed by atoms with E-state index in [0.717, 1.165) is 11.3 Å². The molecule has 0 unspecified atom stereocenters. The van der Waals surface area contributed by atoms with E-state index >= 15 is 0 Å². The number of nitrogens with zero attached hydrogens (tertiary/aromatic N) is 2. The molecule has 4 rings (SSSR count). The van der Waals surface area contributed by atoms with E-state index in [-0.39, 0.29) is 16.2 Å². The van der Waals surface area contributed by atoms with Gasteiger partial charge < -0.3 is 10.1 Å². The third-order valence-electron chi connectivity index (χ3n) is 3.93. The highest BCUT2D eigenvalue weighted by atomic mass is 35.5. The van der Waals surface area contributed by atoms with Crippen LogP contribution in [0.25, 0.3) is 11.8 Å². The molecule has 0 amide bonds. The standard InChI is InChI=1S/C18H11ClN4O2S/c19-12-6-2-1-5-10(12)15-20-13(14-7-3-4-8-23(14)15)9-11-16(24)21-18(26)22-17(11)25/h1-9H,(H2,21,22,24,25,26)/p+1. The molecule has 1 aliphatic heterocycles. The van der Waals surface area contributed by atoms with E-state index in [0.29, 0.717) is 16.6 Å². The number of rotatable bonds is 2. The Morgan fingerprint density at radius 2 is 1.92 bits per heavy atom. The Balaban J connectivity index is 1.95. The number of pyridine rings is 1. The molecule has 0 spiro atoms. The highest BCUT2D eigenvalue weighted by molar-refractivity contribution is 7.71. The lowest BCUT2D eigenvalue weighted by Crippen LogP contribution is -2.42. The van der Waals surface area contributed by atoms with Crippen molar-refractivity contribution in [2.45, 2.75) is 0 Å². The Hall–Kier alpha value is -3.03. The lowest BCUT2D eigenvalue weighted by atomic mass is 10.2. The van der Waals surface area contributed by atoms with Crippen molar-refractivity contribution in [3.8, 4) is 5.88 Å². The molecule has 0 saturated carbocycles. The lowest BCUT2D eigenvalue weighted by Gasteiger charge is -2.00. The van der Waals surface area contributed by atoms with Gasteiger partial charge in [0, 0.05) is 6.08 Å². The van der Waals surface area contributed by atoms with Gasteiger partial charge in [-0.05, 0) is 41.5 Å². The SMILES string of the molecule is O=c1[nH]c(=S)[nH]c(O)c1/C=C1\N=C(c2ccccc2Cl)[n+]2ccccc21. The fourth-order valence-corrected chi connectivity index (χ4v) is 3.16. The summed E-state index contributed by atoms with van der Waals surface area (Å²) in [6.07, 6.45) is 3.37. The molecule has 0 radical (unpaired) electrons. The zero-order valence-corrected chi connectivity index (χ0v) is 14.8.